The zero-order chi connectivity index (χ0) is 15.7. The van der Waals surface area contributed by atoms with Gasteiger partial charge in [0, 0.05) is 19.7 Å². The van der Waals surface area contributed by atoms with Crippen LogP contribution in [-0.2, 0) is 11.8 Å². The lowest BCUT2D eigenvalue weighted by Gasteiger charge is -2.10. The van der Waals surface area contributed by atoms with Crippen molar-refractivity contribution in [1.82, 2.24) is 9.55 Å². The molecule has 0 aliphatic heterocycles. The standard InChI is InChI=1S/C14H14N2O5/c1-7-5-8-12(20)11(9(17)3-4-10(18)19)14(21)16(2)13(8)15-6-7/h5-6,20H,3-4H2,1-2H3,(H,18,19). The van der Waals surface area contributed by atoms with Gasteiger partial charge >= 0.3 is 5.97 Å². The first-order chi connectivity index (χ1) is 9.82. The Labute approximate surface area is 119 Å². The number of aryl methyl sites for hydroxylation is 2. The molecule has 0 fully saturated rings. The number of carboxylic acid groups (broad SMARTS) is 1. The van der Waals surface area contributed by atoms with E-state index in [-0.39, 0.29) is 17.5 Å². The van der Waals surface area contributed by atoms with Gasteiger partial charge in [0.2, 0.25) is 0 Å². The molecule has 2 rings (SSSR count). The summed E-state index contributed by atoms with van der Waals surface area (Å²) in [4.78, 5) is 38.8. The van der Waals surface area contributed by atoms with Gasteiger partial charge in [-0.15, -0.1) is 0 Å². The molecule has 110 valence electrons. The number of aromatic hydroxyl groups is 1. The number of ketones is 1. The van der Waals surface area contributed by atoms with Crippen molar-refractivity contribution in [2.24, 2.45) is 7.05 Å². The molecule has 0 aromatic carbocycles. The van der Waals surface area contributed by atoms with E-state index in [2.05, 4.69) is 4.98 Å². The van der Waals surface area contributed by atoms with Crippen molar-refractivity contribution in [3.63, 3.8) is 0 Å². The number of Topliss-reactive ketones (excluding diaryl/α,β-unsaturated/α-hetero) is 1. The van der Waals surface area contributed by atoms with Crippen LogP contribution in [0.25, 0.3) is 11.0 Å². The van der Waals surface area contributed by atoms with Gasteiger partial charge in [0.15, 0.2) is 5.78 Å². The third-order valence-corrected chi connectivity index (χ3v) is 3.18. The number of carbonyl (C=O) groups excluding carboxylic acids is 1. The molecule has 0 spiro atoms. The van der Waals surface area contributed by atoms with Crippen molar-refractivity contribution >= 4 is 22.8 Å². The number of nitrogens with zero attached hydrogens (tertiary/aromatic N) is 2. The first kappa shape index (κ1) is 14.7. The van der Waals surface area contributed by atoms with E-state index in [4.69, 9.17) is 5.11 Å². The lowest BCUT2D eigenvalue weighted by Crippen LogP contribution is -2.25. The van der Waals surface area contributed by atoms with Crippen molar-refractivity contribution in [3.8, 4) is 5.75 Å². The van der Waals surface area contributed by atoms with E-state index in [1.54, 1.807) is 19.2 Å². The van der Waals surface area contributed by atoms with Gasteiger partial charge in [-0.25, -0.2) is 4.98 Å². The molecule has 0 saturated carbocycles. The molecule has 2 heterocycles. The minimum Gasteiger partial charge on any atom is -0.506 e. The number of rotatable bonds is 4. The summed E-state index contributed by atoms with van der Waals surface area (Å²) in [6, 6.07) is 1.62. The Morgan fingerprint density at radius 2 is 2.00 bits per heavy atom. The molecule has 0 bridgehead atoms. The molecule has 21 heavy (non-hydrogen) atoms. The Hall–Kier alpha value is -2.70. The monoisotopic (exact) mass is 290 g/mol. The van der Waals surface area contributed by atoms with Crippen LogP contribution in [0.2, 0.25) is 0 Å². The van der Waals surface area contributed by atoms with Crippen LogP contribution in [0.3, 0.4) is 0 Å². The zero-order valence-electron chi connectivity index (χ0n) is 11.6. The Kier molecular flexibility index (Phi) is 3.75. The summed E-state index contributed by atoms with van der Waals surface area (Å²) in [6.45, 7) is 1.77. The average Bonchev–Trinajstić information content (AvgIpc) is 2.43. The number of hydrogen-bond donors (Lipinski definition) is 2. The highest BCUT2D eigenvalue weighted by Gasteiger charge is 2.22. The molecule has 0 saturated heterocycles. The molecule has 2 aromatic heterocycles. The third-order valence-electron chi connectivity index (χ3n) is 3.18. The number of aromatic nitrogens is 2. The van der Waals surface area contributed by atoms with Gasteiger partial charge in [-0.2, -0.15) is 0 Å². The van der Waals surface area contributed by atoms with Gasteiger partial charge in [0.1, 0.15) is 17.0 Å². The number of carboxylic acids is 1. The fraction of sp³-hybridized carbons (Fsp3) is 0.286. The number of aliphatic carboxylic acids is 1. The maximum atomic E-state index is 12.2. The topological polar surface area (TPSA) is 109 Å². The Balaban J connectivity index is 2.66. The van der Waals surface area contributed by atoms with Gasteiger partial charge in [-0.05, 0) is 18.6 Å². The second-order valence-corrected chi connectivity index (χ2v) is 4.79. The second kappa shape index (κ2) is 5.35. The summed E-state index contributed by atoms with van der Waals surface area (Å²) < 4.78 is 1.17. The summed E-state index contributed by atoms with van der Waals surface area (Å²) in [5.74, 6) is -2.28. The van der Waals surface area contributed by atoms with Gasteiger partial charge in [0.25, 0.3) is 5.56 Å². The van der Waals surface area contributed by atoms with Gasteiger partial charge < -0.3 is 10.2 Å². The number of carbonyl (C=O) groups is 2. The Bertz CT molecular complexity index is 807. The molecular formula is C14H14N2O5. The van der Waals surface area contributed by atoms with E-state index in [1.165, 1.54) is 11.6 Å². The van der Waals surface area contributed by atoms with Crippen LogP contribution in [0.5, 0.6) is 5.75 Å². The first-order valence-electron chi connectivity index (χ1n) is 6.26. The summed E-state index contributed by atoms with van der Waals surface area (Å²) >= 11 is 0. The lowest BCUT2D eigenvalue weighted by atomic mass is 10.0. The SMILES string of the molecule is Cc1cnc2c(c1)c(O)c(C(=O)CCC(=O)O)c(=O)n2C. The van der Waals surface area contributed by atoms with Crippen molar-refractivity contribution in [2.45, 2.75) is 19.8 Å². The highest BCUT2D eigenvalue weighted by molar-refractivity contribution is 6.03. The van der Waals surface area contributed by atoms with E-state index in [0.29, 0.717) is 0 Å². The van der Waals surface area contributed by atoms with Crippen LogP contribution in [0.4, 0.5) is 0 Å². The molecule has 0 atom stereocenters. The molecule has 2 N–H and O–H groups in total. The van der Waals surface area contributed by atoms with Gasteiger partial charge in [-0.3, -0.25) is 19.0 Å². The maximum absolute atomic E-state index is 12.2. The molecular weight excluding hydrogens is 276 g/mol. The van der Waals surface area contributed by atoms with E-state index >= 15 is 0 Å². The molecule has 0 aliphatic carbocycles. The number of hydrogen-bond acceptors (Lipinski definition) is 5. The average molecular weight is 290 g/mol. The van der Waals surface area contributed by atoms with E-state index in [9.17, 15) is 19.5 Å². The smallest absolute Gasteiger partial charge is 0.303 e. The van der Waals surface area contributed by atoms with Crippen LogP contribution in [0.1, 0.15) is 28.8 Å². The fourth-order valence-electron chi connectivity index (χ4n) is 2.10. The van der Waals surface area contributed by atoms with Crippen LogP contribution < -0.4 is 5.56 Å². The Morgan fingerprint density at radius 3 is 2.62 bits per heavy atom. The van der Waals surface area contributed by atoms with Crippen molar-refractivity contribution in [2.75, 3.05) is 0 Å². The zero-order valence-corrected chi connectivity index (χ0v) is 11.6. The molecule has 2 aromatic rings. The molecule has 7 heteroatoms. The molecule has 7 nitrogen and oxygen atoms in total. The fourth-order valence-corrected chi connectivity index (χ4v) is 2.10. The van der Waals surface area contributed by atoms with E-state index in [0.717, 1.165) is 5.56 Å². The normalized spacial score (nSPS) is 10.8. The molecule has 0 radical (unpaired) electrons. The Morgan fingerprint density at radius 1 is 1.33 bits per heavy atom. The maximum Gasteiger partial charge on any atom is 0.303 e. The summed E-state index contributed by atoms with van der Waals surface area (Å²) in [5, 5.41) is 19.1. The van der Waals surface area contributed by atoms with Crippen molar-refractivity contribution in [3.05, 3.63) is 33.7 Å². The summed E-state index contributed by atoms with van der Waals surface area (Å²) in [6.07, 6.45) is 0.807. The minimum absolute atomic E-state index is 0.262. The number of fused-ring (bicyclic) bond motifs is 1. The van der Waals surface area contributed by atoms with Crippen LogP contribution in [-0.4, -0.2) is 31.5 Å². The minimum atomic E-state index is -1.14. The summed E-state index contributed by atoms with van der Waals surface area (Å²) in [7, 11) is 1.44. The van der Waals surface area contributed by atoms with Crippen LogP contribution in [0.15, 0.2) is 17.1 Å². The largest absolute Gasteiger partial charge is 0.506 e. The molecule has 0 amide bonds. The highest BCUT2D eigenvalue weighted by atomic mass is 16.4. The van der Waals surface area contributed by atoms with Crippen molar-refractivity contribution in [1.29, 1.82) is 0 Å². The van der Waals surface area contributed by atoms with E-state index in [1.807, 2.05) is 0 Å². The highest BCUT2D eigenvalue weighted by Crippen LogP contribution is 2.26. The van der Waals surface area contributed by atoms with E-state index < -0.39 is 35.0 Å². The van der Waals surface area contributed by atoms with Crippen LogP contribution >= 0.6 is 0 Å². The van der Waals surface area contributed by atoms with Gasteiger partial charge in [-0.1, -0.05) is 0 Å². The lowest BCUT2D eigenvalue weighted by molar-refractivity contribution is -0.136. The predicted molar refractivity (Wildman–Crippen MR) is 74.6 cm³/mol. The first-order valence-corrected chi connectivity index (χ1v) is 6.26. The van der Waals surface area contributed by atoms with Gasteiger partial charge in [0.05, 0.1) is 11.8 Å². The summed E-state index contributed by atoms with van der Waals surface area (Å²) in [5.41, 5.74) is -0.0522. The molecule has 0 aliphatic rings. The predicted octanol–water partition coefficient (Wildman–Crippen LogP) is 0.995. The van der Waals surface area contributed by atoms with Crippen molar-refractivity contribution < 1.29 is 19.8 Å². The number of pyridine rings is 2. The quantitative estimate of drug-likeness (QED) is 0.813. The van der Waals surface area contributed by atoms with Crippen LogP contribution in [0, 0.1) is 6.92 Å². The second-order valence-electron chi connectivity index (χ2n) is 4.79. The molecule has 0 unspecified atom stereocenters. The third kappa shape index (κ3) is 2.62.